The first-order chi connectivity index (χ1) is 4.75. The Morgan fingerprint density at radius 1 is 1.70 bits per heavy atom. The molecule has 0 aromatic carbocycles. The quantitative estimate of drug-likeness (QED) is 0.555. The highest BCUT2D eigenvalue weighted by Gasteiger charge is 2.22. The average Bonchev–Trinajstić information content (AvgIpc) is 1.95. The maximum atomic E-state index is 9.44. The lowest BCUT2D eigenvalue weighted by Crippen LogP contribution is -2.31. The van der Waals surface area contributed by atoms with Crippen molar-refractivity contribution in [2.24, 2.45) is 0 Å². The average molecular weight is 142 g/mol. The molecule has 0 aromatic rings. The summed E-state index contributed by atoms with van der Waals surface area (Å²) in [6, 6.07) is 0. The molecule has 0 amide bonds. The van der Waals surface area contributed by atoms with E-state index in [0.29, 0.717) is 0 Å². The Morgan fingerprint density at radius 2 is 2.40 bits per heavy atom. The summed E-state index contributed by atoms with van der Waals surface area (Å²) in [7, 11) is 1.65. The first-order valence-electron chi connectivity index (χ1n) is 3.63. The fraction of sp³-hybridized carbons (Fsp3) is 0.750. The normalized spacial score (nSPS) is 33.7. The van der Waals surface area contributed by atoms with Gasteiger partial charge in [0.15, 0.2) is 0 Å². The van der Waals surface area contributed by atoms with Crippen molar-refractivity contribution in [3.63, 3.8) is 0 Å². The van der Waals surface area contributed by atoms with Crippen molar-refractivity contribution >= 4 is 0 Å². The summed E-state index contributed by atoms with van der Waals surface area (Å²) < 4.78 is 5.08. The van der Waals surface area contributed by atoms with Crippen LogP contribution >= 0.6 is 0 Å². The van der Waals surface area contributed by atoms with Gasteiger partial charge in [-0.15, -0.1) is 0 Å². The van der Waals surface area contributed by atoms with E-state index in [2.05, 4.69) is 6.08 Å². The van der Waals surface area contributed by atoms with Crippen LogP contribution in [0.4, 0.5) is 0 Å². The number of allylic oxidation sites excluding steroid dienone is 1. The molecule has 0 fully saturated rings. The molecule has 0 aliphatic heterocycles. The minimum atomic E-state index is -0.376. The highest BCUT2D eigenvalue weighted by atomic mass is 16.5. The van der Waals surface area contributed by atoms with Gasteiger partial charge in [-0.25, -0.2) is 0 Å². The molecule has 1 N–H and O–H groups in total. The van der Waals surface area contributed by atoms with Crippen LogP contribution in [-0.4, -0.2) is 24.4 Å². The summed E-state index contributed by atoms with van der Waals surface area (Å²) in [5.41, 5.74) is 1.04. The number of aliphatic hydroxyl groups is 1. The molecule has 2 atom stereocenters. The van der Waals surface area contributed by atoms with E-state index in [1.165, 1.54) is 0 Å². The van der Waals surface area contributed by atoms with E-state index >= 15 is 0 Å². The topological polar surface area (TPSA) is 29.5 Å². The number of hydrogen-bond acceptors (Lipinski definition) is 2. The number of rotatable bonds is 1. The summed E-state index contributed by atoms with van der Waals surface area (Å²) in [6.45, 7) is 1.94. The van der Waals surface area contributed by atoms with Crippen LogP contribution in [0, 0.1) is 0 Å². The van der Waals surface area contributed by atoms with Gasteiger partial charge in [0, 0.05) is 7.11 Å². The third-order valence-corrected chi connectivity index (χ3v) is 2.04. The minimum absolute atomic E-state index is 0.0185. The zero-order valence-corrected chi connectivity index (χ0v) is 6.50. The van der Waals surface area contributed by atoms with Crippen molar-refractivity contribution < 1.29 is 9.84 Å². The van der Waals surface area contributed by atoms with Crippen LogP contribution in [0.2, 0.25) is 0 Å². The van der Waals surface area contributed by atoms with Gasteiger partial charge >= 0.3 is 0 Å². The Balaban J connectivity index is 2.59. The highest BCUT2D eigenvalue weighted by Crippen LogP contribution is 2.20. The van der Waals surface area contributed by atoms with Gasteiger partial charge in [0.05, 0.1) is 6.10 Å². The number of ether oxygens (including phenoxy) is 1. The Kier molecular flexibility index (Phi) is 2.46. The van der Waals surface area contributed by atoms with Gasteiger partial charge in [-0.1, -0.05) is 6.08 Å². The van der Waals surface area contributed by atoms with Crippen molar-refractivity contribution in [3.05, 3.63) is 11.6 Å². The number of hydrogen-bond donors (Lipinski definition) is 1. The summed E-state index contributed by atoms with van der Waals surface area (Å²) in [6.07, 6.45) is 3.68. The number of aliphatic hydroxyl groups excluding tert-OH is 1. The Bertz CT molecular complexity index is 140. The first kappa shape index (κ1) is 7.76. The van der Waals surface area contributed by atoms with Crippen molar-refractivity contribution in [1.82, 2.24) is 0 Å². The maximum Gasteiger partial charge on any atom is 0.101 e. The smallest absolute Gasteiger partial charge is 0.101 e. The van der Waals surface area contributed by atoms with Crippen LogP contribution in [0.25, 0.3) is 0 Å². The zero-order valence-electron chi connectivity index (χ0n) is 6.50. The molecule has 1 rings (SSSR count). The Morgan fingerprint density at radius 3 is 2.90 bits per heavy atom. The molecule has 0 unspecified atom stereocenters. The molecule has 0 saturated carbocycles. The van der Waals surface area contributed by atoms with Gasteiger partial charge in [-0.2, -0.15) is 0 Å². The molecular formula is C8H14O2. The third-order valence-electron chi connectivity index (χ3n) is 2.04. The minimum Gasteiger partial charge on any atom is -0.386 e. The van der Waals surface area contributed by atoms with Crippen LogP contribution in [-0.2, 0) is 4.74 Å². The first-order valence-corrected chi connectivity index (χ1v) is 3.63. The van der Waals surface area contributed by atoms with Crippen molar-refractivity contribution in [2.45, 2.75) is 32.0 Å². The van der Waals surface area contributed by atoms with Gasteiger partial charge in [0.25, 0.3) is 0 Å². The van der Waals surface area contributed by atoms with Gasteiger partial charge in [-0.3, -0.25) is 0 Å². The lowest BCUT2D eigenvalue weighted by Gasteiger charge is -2.25. The van der Waals surface area contributed by atoms with Gasteiger partial charge in [0.2, 0.25) is 0 Å². The van der Waals surface area contributed by atoms with E-state index < -0.39 is 0 Å². The second-order valence-electron chi connectivity index (χ2n) is 2.74. The predicted octanol–water partition coefficient (Wildman–Crippen LogP) is 1.10. The fourth-order valence-corrected chi connectivity index (χ4v) is 1.29. The molecule has 0 radical (unpaired) electrons. The number of methoxy groups -OCH3 is 1. The summed E-state index contributed by atoms with van der Waals surface area (Å²) in [5.74, 6) is 0. The molecule has 10 heavy (non-hydrogen) atoms. The van der Waals surface area contributed by atoms with Crippen molar-refractivity contribution in [2.75, 3.05) is 7.11 Å². The summed E-state index contributed by atoms with van der Waals surface area (Å²) in [4.78, 5) is 0. The van der Waals surface area contributed by atoms with Crippen LogP contribution in [0.15, 0.2) is 11.6 Å². The van der Waals surface area contributed by atoms with E-state index in [1.807, 2.05) is 6.92 Å². The van der Waals surface area contributed by atoms with Crippen LogP contribution in [0.5, 0.6) is 0 Å². The second-order valence-corrected chi connectivity index (χ2v) is 2.74. The molecular weight excluding hydrogens is 128 g/mol. The molecule has 2 nitrogen and oxygen atoms in total. The molecule has 1 aliphatic rings. The van der Waals surface area contributed by atoms with Gasteiger partial charge in [0.1, 0.15) is 6.10 Å². The summed E-state index contributed by atoms with van der Waals surface area (Å²) >= 11 is 0. The van der Waals surface area contributed by atoms with E-state index in [1.54, 1.807) is 7.11 Å². The zero-order chi connectivity index (χ0) is 7.56. The van der Waals surface area contributed by atoms with Crippen LogP contribution in [0.3, 0.4) is 0 Å². The van der Waals surface area contributed by atoms with E-state index in [4.69, 9.17) is 4.74 Å². The molecule has 1 aliphatic carbocycles. The molecule has 0 spiro atoms. The molecule has 58 valence electrons. The standard InChI is InChI=1S/C8H14O2/c1-6-4-3-5-7(10-2)8(6)9/h4,7-9H,3,5H2,1-2H3/t7-,8+/m0/s1. The van der Waals surface area contributed by atoms with Crippen LogP contribution in [0.1, 0.15) is 19.8 Å². The predicted molar refractivity (Wildman–Crippen MR) is 39.8 cm³/mol. The Hall–Kier alpha value is -0.340. The maximum absolute atomic E-state index is 9.44. The summed E-state index contributed by atoms with van der Waals surface area (Å²) in [5, 5.41) is 9.44. The third kappa shape index (κ3) is 1.39. The van der Waals surface area contributed by atoms with Crippen molar-refractivity contribution in [3.8, 4) is 0 Å². The van der Waals surface area contributed by atoms with E-state index in [0.717, 1.165) is 18.4 Å². The SMILES string of the molecule is CO[C@H]1CCC=C(C)[C@H]1O. The Labute approximate surface area is 61.5 Å². The van der Waals surface area contributed by atoms with Gasteiger partial charge < -0.3 is 9.84 Å². The monoisotopic (exact) mass is 142 g/mol. The van der Waals surface area contributed by atoms with Crippen molar-refractivity contribution in [1.29, 1.82) is 0 Å². The molecule has 0 bridgehead atoms. The lowest BCUT2D eigenvalue weighted by atomic mass is 9.95. The van der Waals surface area contributed by atoms with Gasteiger partial charge in [-0.05, 0) is 25.3 Å². The molecule has 0 aromatic heterocycles. The molecule has 0 heterocycles. The molecule has 2 heteroatoms. The highest BCUT2D eigenvalue weighted by molar-refractivity contribution is 5.10. The molecule has 0 saturated heterocycles. The van der Waals surface area contributed by atoms with Crippen LogP contribution < -0.4 is 0 Å². The van der Waals surface area contributed by atoms with E-state index in [9.17, 15) is 5.11 Å². The van der Waals surface area contributed by atoms with E-state index in [-0.39, 0.29) is 12.2 Å². The lowest BCUT2D eigenvalue weighted by molar-refractivity contribution is -0.00235. The fourth-order valence-electron chi connectivity index (χ4n) is 1.29. The largest absolute Gasteiger partial charge is 0.386 e. The second kappa shape index (κ2) is 3.17.